The minimum Gasteiger partial charge on any atom is -0.504 e. The van der Waals surface area contributed by atoms with E-state index in [4.69, 9.17) is 4.74 Å². The molecule has 2 N–H and O–H groups in total. The van der Waals surface area contributed by atoms with Crippen LogP contribution in [0.4, 0.5) is 0 Å². The number of phenolic OH excluding ortho intramolecular Hbond substituents is 2. The highest BCUT2D eigenvalue weighted by molar-refractivity contribution is 5.59. The largest absolute Gasteiger partial charge is 0.504 e. The van der Waals surface area contributed by atoms with E-state index in [9.17, 15) is 15.0 Å². The molecule has 0 heterocycles. The molecule has 24 heavy (non-hydrogen) atoms. The third kappa shape index (κ3) is 2.30. The summed E-state index contributed by atoms with van der Waals surface area (Å²) >= 11 is 0. The SMILES string of the molecule is CC(C)c1cc2c(c(O)c1O)[C@@]1(OC=O)CCCC(C)(C)[C@@H]1CC2. The number of rotatable bonds is 3. The highest BCUT2D eigenvalue weighted by Gasteiger charge is 2.56. The zero-order valence-corrected chi connectivity index (χ0v) is 15.1. The number of carbonyl (C=O) groups excluding carboxylic acids is 1. The van der Waals surface area contributed by atoms with E-state index in [1.165, 1.54) is 0 Å². The maximum absolute atomic E-state index is 11.3. The number of aromatic hydroxyl groups is 2. The van der Waals surface area contributed by atoms with Crippen molar-refractivity contribution in [3.05, 3.63) is 22.8 Å². The van der Waals surface area contributed by atoms with Crippen molar-refractivity contribution in [3.8, 4) is 11.5 Å². The van der Waals surface area contributed by atoms with Gasteiger partial charge in [-0.2, -0.15) is 0 Å². The fourth-order valence-electron chi connectivity index (χ4n) is 5.14. The average molecular weight is 332 g/mol. The van der Waals surface area contributed by atoms with E-state index in [-0.39, 0.29) is 28.7 Å². The lowest BCUT2D eigenvalue weighted by molar-refractivity contribution is -0.173. The predicted octanol–water partition coefficient (Wildman–Crippen LogP) is 4.36. The summed E-state index contributed by atoms with van der Waals surface area (Å²) < 4.78 is 5.72. The van der Waals surface area contributed by atoms with Crippen molar-refractivity contribution in [2.45, 2.75) is 71.3 Å². The second kappa shape index (κ2) is 5.68. The van der Waals surface area contributed by atoms with E-state index in [1.54, 1.807) is 0 Å². The summed E-state index contributed by atoms with van der Waals surface area (Å²) in [6.45, 7) is 8.92. The number of hydrogen-bond acceptors (Lipinski definition) is 4. The average Bonchev–Trinajstić information content (AvgIpc) is 2.49. The lowest BCUT2D eigenvalue weighted by Crippen LogP contribution is -2.51. The Bertz CT molecular complexity index is 662. The van der Waals surface area contributed by atoms with Crippen LogP contribution < -0.4 is 0 Å². The standard InChI is InChI=1S/C20H28O4/c1-12(2)14-10-13-6-7-15-19(3,4)8-5-9-20(15,24-11-21)16(13)18(23)17(14)22/h10-12,15,22-23H,5-9H2,1-4H3/t15-,20+/m0/s1. The summed E-state index contributed by atoms with van der Waals surface area (Å²) in [6.07, 6.45) is 4.47. The molecule has 0 aliphatic heterocycles. The van der Waals surface area contributed by atoms with Crippen LogP contribution in [0.25, 0.3) is 0 Å². The molecular formula is C20H28O4. The minimum atomic E-state index is -0.825. The second-order valence-corrected chi connectivity index (χ2v) is 8.39. The van der Waals surface area contributed by atoms with Gasteiger partial charge in [0.15, 0.2) is 11.5 Å². The highest BCUT2D eigenvalue weighted by Crippen LogP contribution is 2.60. The van der Waals surface area contributed by atoms with Crippen molar-refractivity contribution >= 4 is 6.47 Å². The summed E-state index contributed by atoms with van der Waals surface area (Å²) in [5.41, 5.74) is 1.60. The van der Waals surface area contributed by atoms with Gasteiger partial charge in [-0.15, -0.1) is 0 Å². The fourth-order valence-corrected chi connectivity index (χ4v) is 5.14. The molecular weight excluding hydrogens is 304 g/mol. The molecule has 4 nitrogen and oxygen atoms in total. The molecule has 0 unspecified atom stereocenters. The van der Waals surface area contributed by atoms with Crippen molar-refractivity contribution in [1.29, 1.82) is 0 Å². The van der Waals surface area contributed by atoms with Crippen LogP contribution in [0, 0.1) is 11.3 Å². The second-order valence-electron chi connectivity index (χ2n) is 8.39. The molecule has 0 spiro atoms. The zero-order chi connectivity index (χ0) is 17.7. The first-order chi connectivity index (χ1) is 11.2. The van der Waals surface area contributed by atoms with Gasteiger partial charge in [-0.05, 0) is 49.0 Å². The Morgan fingerprint density at radius 3 is 2.58 bits per heavy atom. The van der Waals surface area contributed by atoms with Gasteiger partial charge in [0.2, 0.25) is 0 Å². The number of aryl methyl sites for hydroxylation is 1. The molecule has 1 aromatic rings. The van der Waals surface area contributed by atoms with Gasteiger partial charge < -0.3 is 14.9 Å². The van der Waals surface area contributed by atoms with Crippen LogP contribution in [0.3, 0.4) is 0 Å². The third-order valence-electron chi connectivity index (χ3n) is 6.27. The van der Waals surface area contributed by atoms with Gasteiger partial charge in [0, 0.05) is 17.0 Å². The van der Waals surface area contributed by atoms with Crippen LogP contribution in [-0.4, -0.2) is 16.7 Å². The molecule has 132 valence electrons. The first-order valence-corrected chi connectivity index (χ1v) is 8.94. The maximum atomic E-state index is 11.3. The van der Waals surface area contributed by atoms with Crippen LogP contribution in [-0.2, 0) is 21.6 Å². The Morgan fingerprint density at radius 1 is 1.25 bits per heavy atom. The molecule has 0 saturated heterocycles. The van der Waals surface area contributed by atoms with E-state index < -0.39 is 5.60 Å². The van der Waals surface area contributed by atoms with Crippen molar-refractivity contribution in [1.82, 2.24) is 0 Å². The summed E-state index contributed by atoms with van der Waals surface area (Å²) in [4.78, 5) is 11.3. The number of benzene rings is 1. The van der Waals surface area contributed by atoms with E-state index in [0.29, 0.717) is 18.5 Å². The Hall–Kier alpha value is -1.71. The molecule has 3 rings (SSSR count). The lowest BCUT2D eigenvalue weighted by Gasteiger charge is -2.54. The van der Waals surface area contributed by atoms with Crippen molar-refractivity contribution in [2.75, 3.05) is 0 Å². The molecule has 2 aliphatic rings. The van der Waals surface area contributed by atoms with Crippen LogP contribution >= 0.6 is 0 Å². The highest BCUT2D eigenvalue weighted by atomic mass is 16.5. The third-order valence-corrected chi connectivity index (χ3v) is 6.27. The summed E-state index contributed by atoms with van der Waals surface area (Å²) in [5, 5.41) is 21.4. The zero-order valence-electron chi connectivity index (χ0n) is 15.1. The summed E-state index contributed by atoms with van der Waals surface area (Å²) in [6, 6.07) is 1.99. The van der Waals surface area contributed by atoms with E-state index >= 15 is 0 Å². The number of fused-ring (bicyclic) bond motifs is 3. The van der Waals surface area contributed by atoms with Gasteiger partial charge in [0.1, 0.15) is 5.60 Å². The van der Waals surface area contributed by atoms with Crippen LogP contribution in [0.5, 0.6) is 11.5 Å². The minimum absolute atomic E-state index is 0.0255. The lowest BCUT2D eigenvalue weighted by atomic mass is 9.54. The van der Waals surface area contributed by atoms with Gasteiger partial charge in [-0.3, -0.25) is 4.79 Å². The van der Waals surface area contributed by atoms with Crippen LogP contribution in [0.1, 0.15) is 76.0 Å². The van der Waals surface area contributed by atoms with E-state index in [2.05, 4.69) is 13.8 Å². The summed E-state index contributed by atoms with van der Waals surface area (Å²) in [7, 11) is 0. The Kier molecular flexibility index (Phi) is 4.05. The molecule has 0 amide bonds. The Balaban J connectivity index is 2.26. The molecule has 1 fully saturated rings. The normalized spacial score (nSPS) is 28.1. The molecule has 1 aromatic carbocycles. The number of phenols is 2. The molecule has 1 saturated carbocycles. The van der Waals surface area contributed by atoms with Gasteiger partial charge in [-0.1, -0.05) is 33.8 Å². The number of hydrogen-bond donors (Lipinski definition) is 2. The quantitative estimate of drug-likeness (QED) is 0.637. The summed E-state index contributed by atoms with van der Waals surface area (Å²) in [5.74, 6) is 0.0958. The maximum Gasteiger partial charge on any atom is 0.293 e. The van der Waals surface area contributed by atoms with Gasteiger partial charge in [0.25, 0.3) is 6.47 Å². The molecule has 0 radical (unpaired) electrons. The van der Waals surface area contributed by atoms with Crippen molar-refractivity contribution in [3.63, 3.8) is 0 Å². The van der Waals surface area contributed by atoms with Crippen LogP contribution in [0.2, 0.25) is 0 Å². The Morgan fingerprint density at radius 2 is 1.96 bits per heavy atom. The number of carbonyl (C=O) groups is 1. The molecule has 0 bridgehead atoms. The van der Waals surface area contributed by atoms with E-state index in [1.807, 2.05) is 19.9 Å². The molecule has 0 aromatic heterocycles. The van der Waals surface area contributed by atoms with E-state index in [0.717, 1.165) is 36.8 Å². The van der Waals surface area contributed by atoms with Crippen LogP contribution in [0.15, 0.2) is 6.07 Å². The monoisotopic (exact) mass is 332 g/mol. The van der Waals surface area contributed by atoms with Gasteiger partial charge in [-0.25, -0.2) is 0 Å². The van der Waals surface area contributed by atoms with Crippen molar-refractivity contribution in [2.24, 2.45) is 11.3 Å². The Labute approximate surface area is 143 Å². The molecule has 2 atom stereocenters. The van der Waals surface area contributed by atoms with Gasteiger partial charge in [0.05, 0.1) is 0 Å². The topological polar surface area (TPSA) is 66.8 Å². The van der Waals surface area contributed by atoms with Crippen molar-refractivity contribution < 1.29 is 19.7 Å². The first kappa shape index (κ1) is 17.1. The smallest absolute Gasteiger partial charge is 0.293 e. The number of ether oxygens (including phenoxy) is 1. The van der Waals surface area contributed by atoms with Gasteiger partial charge >= 0.3 is 0 Å². The predicted molar refractivity (Wildman–Crippen MR) is 92.1 cm³/mol. The first-order valence-electron chi connectivity index (χ1n) is 8.94. The fraction of sp³-hybridized carbons (Fsp3) is 0.650. The molecule has 2 aliphatic carbocycles. The molecule has 4 heteroatoms.